The molecule has 6 fully saturated rings. The number of nitrogens with one attached hydrogen (secondary N) is 1. The van der Waals surface area contributed by atoms with Crippen molar-refractivity contribution in [2.75, 3.05) is 13.2 Å². The Morgan fingerprint density at radius 2 is 1.29 bits per heavy atom. The second-order valence-electron chi connectivity index (χ2n) is 21.2. The predicted molar refractivity (Wildman–Crippen MR) is 251 cm³/mol. The summed E-state index contributed by atoms with van der Waals surface area (Å²) in [7, 11) is 0. The summed E-state index contributed by atoms with van der Waals surface area (Å²) in [6.07, 6.45) is 13.3. The van der Waals surface area contributed by atoms with Crippen molar-refractivity contribution in [2.45, 2.75) is 85.2 Å². The van der Waals surface area contributed by atoms with Gasteiger partial charge >= 0.3 is 377 Å². The number of aromatic nitrogens is 1. The maximum atomic E-state index is 8.25. The van der Waals surface area contributed by atoms with Crippen LogP contribution < -0.4 is 5.32 Å². The summed E-state index contributed by atoms with van der Waals surface area (Å²) in [6.45, 7) is 11.2. The monoisotopic (exact) mass is 942 g/mol. The van der Waals surface area contributed by atoms with Crippen molar-refractivity contribution < 1.29 is 6.15 Å². The molecule has 4 aromatic rings. The molecule has 1 N–H and O–H groups in total. The normalized spacial score (nSPS) is 32.8. The molecule has 0 radical (unpaired) electrons. The van der Waals surface area contributed by atoms with Crippen LogP contribution in [0.25, 0.3) is 10.8 Å². The molecule has 7 unspecified atom stereocenters. The van der Waals surface area contributed by atoms with E-state index in [9.17, 15) is 0 Å². The summed E-state index contributed by atoms with van der Waals surface area (Å²) >= 11 is -5.36. The average molecular weight is 942 g/mol. The fourth-order valence-electron chi connectivity index (χ4n) is 14.0. The van der Waals surface area contributed by atoms with Crippen molar-refractivity contribution in [1.29, 1.82) is 0 Å². The van der Waals surface area contributed by atoms with Gasteiger partial charge in [0.1, 0.15) is 0 Å². The number of allylic oxidation sites excluding steroid dienone is 1. The van der Waals surface area contributed by atoms with Crippen molar-refractivity contribution in [3.05, 3.63) is 118 Å². The van der Waals surface area contributed by atoms with Gasteiger partial charge < -0.3 is 0 Å². The Balaban J connectivity index is 1.09. The Morgan fingerprint density at radius 1 is 0.667 bits per heavy atom. The molecule has 0 amide bonds. The van der Waals surface area contributed by atoms with Crippen LogP contribution in [0, 0.1) is 46.3 Å². The molecular weight excluding hydrogens is 887 g/mol. The molecule has 63 heavy (non-hydrogen) atoms. The molecular formula is C52H54N8O2Sn. The van der Waals surface area contributed by atoms with Gasteiger partial charge in [0.15, 0.2) is 0 Å². The summed E-state index contributed by atoms with van der Waals surface area (Å²) in [5.74, 6) is 9.03. The summed E-state index contributed by atoms with van der Waals surface area (Å²) in [4.78, 5) is 28.0. The second kappa shape index (κ2) is 13.2. The van der Waals surface area contributed by atoms with E-state index < -0.39 is 25.9 Å². The Labute approximate surface area is 374 Å². The summed E-state index contributed by atoms with van der Waals surface area (Å²) < 4.78 is 21.5. The first kappa shape index (κ1) is 37.7. The van der Waals surface area contributed by atoms with Gasteiger partial charge in [0, 0.05) is 0 Å². The van der Waals surface area contributed by atoms with Gasteiger partial charge in [0.25, 0.3) is 0 Å². The quantitative estimate of drug-likeness (QED) is 0.195. The zero-order valence-corrected chi connectivity index (χ0v) is 39.5. The first-order chi connectivity index (χ1) is 30.7. The summed E-state index contributed by atoms with van der Waals surface area (Å²) in [6, 6.07) is 26.0. The third-order valence-electron chi connectivity index (χ3n) is 17.8. The third-order valence-corrected chi connectivity index (χ3v) is 26.8. The maximum absolute atomic E-state index is 8.25. The van der Waals surface area contributed by atoms with E-state index in [2.05, 4.69) is 124 Å². The number of benzene rings is 3. The van der Waals surface area contributed by atoms with Crippen LogP contribution in [0.2, 0.25) is 0 Å². The van der Waals surface area contributed by atoms with Crippen molar-refractivity contribution in [3.8, 4) is 0 Å². The fourth-order valence-corrected chi connectivity index (χ4v) is 24.1. The Kier molecular flexibility index (Phi) is 7.91. The zero-order chi connectivity index (χ0) is 42.0. The molecule has 16 rings (SSSR count). The van der Waals surface area contributed by atoms with E-state index in [1.54, 1.807) is 0 Å². The zero-order valence-electron chi connectivity index (χ0n) is 36.6. The molecule has 10 bridgehead atoms. The van der Waals surface area contributed by atoms with Gasteiger partial charge in [-0.3, -0.25) is 0 Å². The van der Waals surface area contributed by atoms with Crippen molar-refractivity contribution in [2.24, 2.45) is 71.3 Å². The molecule has 0 spiro atoms. The molecule has 0 saturated heterocycles. The van der Waals surface area contributed by atoms with Gasteiger partial charge in [-0.25, -0.2) is 0 Å². The van der Waals surface area contributed by atoms with Gasteiger partial charge in [-0.2, -0.15) is 0 Å². The van der Waals surface area contributed by atoms with E-state index in [-0.39, 0.29) is 0 Å². The third kappa shape index (κ3) is 5.11. The molecule has 6 heterocycles. The number of hydrogen-bond donors (Lipinski definition) is 1. The van der Waals surface area contributed by atoms with Crippen LogP contribution in [0.4, 0.5) is 11.6 Å². The first-order valence-corrected chi connectivity index (χ1v) is 28.6. The first-order valence-electron chi connectivity index (χ1n) is 23.7. The van der Waals surface area contributed by atoms with E-state index in [0.29, 0.717) is 59.4 Å². The number of hydrogen-bond acceptors (Lipinski definition) is 9. The van der Waals surface area contributed by atoms with Gasteiger partial charge in [-0.05, 0) is 0 Å². The molecule has 10 nitrogen and oxygen atoms in total. The molecule has 1 aromatic heterocycles. The SMILES string of the molecule is CC1(C)C2CCC(C[O][Sn]3([O]CC4CCC5CC4C5(C)C)[N]4C5=NC6=NC(=Nc7c8ccccc8c([n]73)N=C3N=C(NC4c4ccccc45)c4ccccc43)C3=C6C=CCC3)C1C2. The molecule has 318 valence electrons. The van der Waals surface area contributed by atoms with Crippen molar-refractivity contribution >= 4 is 71.3 Å². The summed E-state index contributed by atoms with van der Waals surface area (Å²) in [5.41, 5.74) is 7.05. The van der Waals surface area contributed by atoms with Gasteiger partial charge in [0.2, 0.25) is 0 Å². The average Bonchev–Trinajstić information content (AvgIpc) is 4.03. The van der Waals surface area contributed by atoms with E-state index in [1.165, 1.54) is 38.5 Å². The molecule has 7 aliphatic carbocycles. The van der Waals surface area contributed by atoms with E-state index in [1.807, 2.05) is 0 Å². The van der Waals surface area contributed by atoms with Crippen LogP contribution in [0.5, 0.6) is 0 Å². The van der Waals surface area contributed by atoms with Gasteiger partial charge in [-0.1, -0.05) is 0 Å². The Morgan fingerprint density at radius 3 is 1.95 bits per heavy atom. The standard InChI is InChI=1S/C32H20N8.2C10H17O.Sn/c1-2-10-18-17(9-1)25-33-26(18)38-28-21-13-5-6-14-22(21)30(35-28)40-32-24-16-8-7-15-23(24)31(36-32)39-29-20-12-4-3-11-19(20)27(34-29)37-25;2*1-10(2)8-4-3-7(6-11)9(10)5-8;/h1-7,9-15,27H,8,16H2,(H-,33,34,36,37,38,39,40);2*7-9H,3-6H2,1-2H3;/q-2;2*-1;+4. The summed E-state index contributed by atoms with van der Waals surface area (Å²) in [5, 5.41) is 6.11. The van der Waals surface area contributed by atoms with Crippen LogP contribution in [0.15, 0.2) is 121 Å². The molecule has 11 heteroatoms. The van der Waals surface area contributed by atoms with E-state index >= 15 is 0 Å². The van der Waals surface area contributed by atoms with Crippen LogP contribution in [0.3, 0.4) is 0 Å². The second-order valence-corrected chi connectivity index (χ2v) is 28.6. The Bertz CT molecular complexity index is 2880. The number of rotatable bonds is 6. The number of aliphatic imine (C=N–C) groups is 5. The predicted octanol–water partition coefficient (Wildman–Crippen LogP) is 10.4. The van der Waals surface area contributed by atoms with Crippen LogP contribution in [-0.4, -0.2) is 68.1 Å². The number of amidine groups is 5. The fraction of sp³-hybridized carbons (Fsp3) is 0.442. The molecule has 12 aliphatic rings. The van der Waals surface area contributed by atoms with Crippen LogP contribution >= 0.6 is 0 Å². The van der Waals surface area contributed by atoms with E-state index in [0.717, 1.165) is 98.0 Å². The minimum atomic E-state index is -5.36. The molecule has 6 saturated carbocycles. The van der Waals surface area contributed by atoms with E-state index in [4.69, 9.17) is 31.1 Å². The van der Waals surface area contributed by atoms with Crippen LogP contribution in [-0.2, 0) is 6.15 Å². The molecule has 3 aromatic carbocycles. The molecule has 7 atom stereocenters. The van der Waals surface area contributed by atoms with Crippen molar-refractivity contribution in [3.63, 3.8) is 0 Å². The van der Waals surface area contributed by atoms with Crippen LogP contribution in [0.1, 0.15) is 107 Å². The topological polar surface area (TPSA) is 100 Å². The van der Waals surface area contributed by atoms with Gasteiger partial charge in [-0.15, -0.1) is 0 Å². The Hall–Kier alpha value is -4.65. The number of nitrogens with zero attached hydrogens (tertiary/aromatic N) is 7. The van der Waals surface area contributed by atoms with Crippen molar-refractivity contribution in [1.82, 2.24) is 11.2 Å². The molecule has 5 aliphatic heterocycles. The number of fused-ring (bicyclic) bond motifs is 17. The van der Waals surface area contributed by atoms with Gasteiger partial charge in [0.05, 0.1) is 0 Å². The minimum absolute atomic E-state index is 0.303.